The Balaban J connectivity index is 1.78. The summed E-state index contributed by atoms with van der Waals surface area (Å²) in [4.78, 5) is 0. The van der Waals surface area contributed by atoms with Crippen molar-refractivity contribution in [3.8, 4) is 0 Å². The van der Waals surface area contributed by atoms with Crippen LogP contribution in [0, 0.1) is 3.57 Å². The minimum absolute atomic E-state index is 0.664. The van der Waals surface area contributed by atoms with Crippen LogP contribution in [0.1, 0.15) is 17.0 Å². The zero-order chi connectivity index (χ0) is 10.3. The molecule has 0 N–H and O–H groups in total. The summed E-state index contributed by atoms with van der Waals surface area (Å²) in [5.41, 5.74) is 3.01. The van der Waals surface area contributed by atoms with Crippen LogP contribution in [0.5, 0.6) is 0 Å². The van der Waals surface area contributed by atoms with Crippen molar-refractivity contribution >= 4 is 22.6 Å². The molecule has 0 saturated heterocycles. The van der Waals surface area contributed by atoms with E-state index in [0.717, 1.165) is 6.54 Å². The van der Waals surface area contributed by atoms with Crippen molar-refractivity contribution < 1.29 is 0 Å². The lowest BCUT2D eigenvalue weighted by atomic mass is 9.78. The molecule has 1 aromatic carbocycles. The van der Waals surface area contributed by atoms with Gasteiger partial charge < -0.3 is 0 Å². The van der Waals surface area contributed by atoms with E-state index in [0.29, 0.717) is 5.92 Å². The molecule has 1 heterocycles. The molecule has 0 radical (unpaired) electrons. The average Bonchev–Trinajstić information content (AvgIpc) is 2.61. The van der Waals surface area contributed by atoms with Gasteiger partial charge in [-0.3, -0.25) is 4.68 Å². The molecule has 0 aliphatic heterocycles. The molecule has 0 bridgehead atoms. The summed E-state index contributed by atoms with van der Waals surface area (Å²) in [7, 11) is 0. The summed E-state index contributed by atoms with van der Waals surface area (Å²) in [6, 6.07) is 8.69. The van der Waals surface area contributed by atoms with Gasteiger partial charge in [-0.25, -0.2) is 0 Å². The lowest BCUT2D eigenvalue weighted by Crippen LogP contribution is -2.22. The second-order valence-electron chi connectivity index (χ2n) is 3.98. The minimum Gasteiger partial charge on any atom is -0.271 e. The fraction of sp³-hybridized carbons (Fsp3) is 0.250. The van der Waals surface area contributed by atoms with Crippen molar-refractivity contribution in [3.05, 3.63) is 51.4 Å². The Kier molecular flexibility index (Phi) is 2.27. The smallest absolute Gasteiger partial charge is 0.0623 e. The predicted octanol–water partition coefficient (Wildman–Crippen LogP) is 2.83. The first-order valence-corrected chi connectivity index (χ1v) is 6.16. The summed E-state index contributed by atoms with van der Waals surface area (Å²) in [6.45, 7) is 1.01. The van der Waals surface area contributed by atoms with Gasteiger partial charge in [-0.1, -0.05) is 24.3 Å². The topological polar surface area (TPSA) is 17.8 Å². The van der Waals surface area contributed by atoms with Crippen LogP contribution in [0.25, 0.3) is 0 Å². The summed E-state index contributed by atoms with van der Waals surface area (Å²) >= 11 is 2.29. The minimum atomic E-state index is 0.664. The Hall–Kier alpha value is -0.840. The lowest BCUT2D eigenvalue weighted by Gasteiger charge is -2.29. The molecule has 0 amide bonds. The highest BCUT2D eigenvalue weighted by Crippen LogP contribution is 2.35. The first-order chi connectivity index (χ1) is 7.33. The molecule has 2 aromatic rings. The Morgan fingerprint density at radius 2 is 2.27 bits per heavy atom. The third kappa shape index (κ3) is 1.69. The molecule has 1 unspecified atom stereocenters. The van der Waals surface area contributed by atoms with Gasteiger partial charge in [0.15, 0.2) is 0 Å². The molecule has 15 heavy (non-hydrogen) atoms. The first kappa shape index (κ1) is 9.39. The highest BCUT2D eigenvalue weighted by Gasteiger charge is 2.25. The molecule has 1 aromatic heterocycles. The van der Waals surface area contributed by atoms with Crippen LogP contribution in [-0.4, -0.2) is 9.78 Å². The van der Waals surface area contributed by atoms with Gasteiger partial charge in [-0.15, -0.1) is 0 Å². The number of aromatic nitrogens is 2. The van der Waals surface area contributed by atoms with Crippen LogP contribution in [0.15, 0.2) is 36.7 Å². The average molecular weight is 310 g/mol. The molecule has 76 valence electrons. The van der Waals surface area contributed by atoms with E-state index < -0.39 is 0 Å². The van der Waals surface area contributed by atoms with Gasteiger partial charge in [0.25, 0.3) is 0 Å². The molecule has 3 rings (SSSR count). The van der Waals surface area contributed by atoms with E-state index in [4.69, 9.17) is 0 Å². The van der Waals surface area contributed by atoms with Crippen LogP contribution in [0.4, 0.5) is 0 Å². The molecule has 1 atom stereocenters. The number of rotatable bonds is 2. The molecule has 2 nitrogen and oxygen atoms in total. The number of nitrogens with zero attached hydrogens (tertiary/aromatic N) is 2. The van der Waals surface area contributed by atoms with E-state index in [9.17, 15) is 0 Å². The van der Waals surface area contributed by atoms with Gasteiger partial charge in [0.2, 0.25) is 0 Å². The van der Waals surface area contributed by atoms with Crippen molar-refractivity contribution in [2.75, 3.05) is 0 Å². The SMILES string of the molecule is Ic1cnn(CC2Cc3ccccc32)c1. The van der Waals surface area contributed by atoms with E-state index in [1.807, 2.05) is 10.9 Å². The molecule has 0 saturated carbocycles. The zero-order valence-corrected chi connectivity index (χ0v) is 10.4. The van der Waals surface area contributed by atoms with Crippen LogP contribution in [-0.2, 0) is 13.0 Å². The highest BCUT2D eigenvalue weighted by atomic mass is 127. The molecule has 1 aliphatic rings. The monoisotopic (exact) mass is 310 g/mol. The third-order valence-corrected chi connectivity index (χ3v) is 3.53. The fourth-order valence-corrected chi connectivity index (χ4v) is 2.64. The maximum atomic E-state index is 4.32. The van der Waals surface area contributed by atoms with Crippen LogP contribution >= 0.6 is 22.6 Å². The van der Waals surface area contributed by atoms with Crippen LogP contribution < -0.4 is 0 Å². The van der Waals surface area contributed by atoms with E-state index in [1.165, 1.54) is 21.1 Å². The molecular formula is C12H11IN2. The predicted molar refractivity (Wildman–Crippen MR) is 67.8 cm³/mol. The molecular weight excluding hydrogens is 299 g/mol. The van der Waals surface area contributed by atoms with Gasteiger partial charge in [0, 0.05) is 18.7 Å². The van der Waals surface area contributed by atoms with Crippen LogP contribution in [0.2, 0.25) is 0 Å². The lowest BCUT2D eigenvalue weighted by molar-refractivity contribution is 0.475. The van der Waals surface area contributed by atoms with E-state index >= 15 is 0 Å². The number of hydrogen-bond acceptors (Lipinski definition) is 1. The fourth-order valence-electron chi connectivity index (χ4n) is 2.19. The van der Waals surface area contributed by atoms with E-state index in [2.05, 4.69) is 58.2 Å². The Labute approximate surface area is 102 Å². The van der Waals surface area contributed by atoms with Gasteiger partial charge in [0.1, 0.15) is 0 Å². The first-order valence-electron chi connectivity index (χ1n) is 5.09. The number of benzene rings is 1. The Morgan fingerprint density at radius 1 is 1.40 bits per heavy atom. The quantitative estimate of drug-likeness (QED) is 0.780. The largest absolute Gasteiger partial charge is 0.271 e. The molecule has 3 heteroatoms. The molecule has 0 fully saturated rings. The molecule has 1 aliphatic carbocycles. The second-order valence-corrected chi connectivity index (χ2v) is 5.23. The second kappa shape index (κ2) is 3.63. The van der Waals surface area contributed by atoms with Gasteiger partial charge in [-0.05, 0) is 40.1 Å². The van der Waals surface area contributed by atoms with Crippen molar-refractivity contribution in [1.29, 1.82) is 0 Å². The maximum Gasteiger partial charge on any atom is 0.0623 e. The van der Waals surface area contributed by atoms with Crippen molar-refractivity contribution in [2.24, 2.45) is 0 Å². The summed E-state index contributed by atoms with van der Waals surface area (Å²) in [5.74, 6) is 0.664. The van der Waals surface area contributed by atoms with Crippen LogP contribution in [0.3, 0.4) is 0 Å². The van der Waals surface area contributed by atoms with Gasteiger partial charge in [-0.2, -0.15) is 5.10 Å². The highest BCUT2D eigenvalue weighted by molar-refractivity contribution is 14.1. The van der Waals surface area contributed by atoms with Gasteiger partial charge >= 0.3 is 0 Å². The van der Waals surface area contributed by atoms with Gasteiger partial charge in [0.05, 0.1) is 9.77 Å². The Bertz CT molecular complexity index is 490. The number of fused-ring (bicyclic) bond motifs is 1. The van der Waals surface area contributed by atoms with Crippen molar-refractivity contribution in [2.45, 2.75) is 18.9 Å². The van der Waals surface area contributed by atoms with Crippen molar-refractivity contribution in [1.82, 2.24) is 9.78 Å². The summed E-state index contributed by atoms with van der Waals surface area (Å²) in [5, 5.41) is 4.32. The normalized spacial score (nSPS) is 18.3. The number of hydrogen-bond donors (Lipinski definition) is 0. The molecule has 0 spiro atoms. The Morgan fingerprint density at radius 3 is 3.00 bits per heavy atom. The van der Waals surface area contributed by atoms with E-state index in [1.54, 1.807) is 0 Å². The zero-order valence-electron chi connectivity index (χ0n) is 8.23. The maximum absolute atomic E-state index is 4.32. The summed E-state index contributed by atoms with van der Waals surface area (Å²) < 4.78 is 3.25. The van der Waals surface area contributed by atoms with Crippen molar-refractivity contribution in [3.63, 3.8) is 0 Å². The number of halogens is 1. The third-order valence-electron chi connectivity index (χ3n) is 2.97. The van der Waals surface area contributed by atoms with E-state index in [-0.39, 0.29) is 0 Å². The summed E-state index contributed by atoms with van der Waals surface area (Å²) in [6.07, 6.45) is 5.21. The standard InChI is InChI=1S/C12H11IN2/c13-11-6-14-15(8-11)7-10-5-9-3-1-2-4-12(9)10/h1-4,6,8,10H,5,7H2.